The van der Waals surface area contributed by atoms with Crippen molar-refractivity contribution in [3.63, 3.8) is 0 Å². The summed E-state index contributed by atoms with van der Waals surface area (Å²) in [5.74, 6) is 0.143. The maximum Gasteiger partial charge on any atom is 0.326 e. The molecule has 1 atom stereocenters. The Balaban J connectivity index is 2.04. The Morgan fingerprint density at radius 1 is 1.47 bits per heavy atom. The first kappa shape index (κ1) is 10.5. The molecule has 2 N–H and O–H groups in total. The Bertz CT molecular complexity index is 595. The molecule has 1 unspecified atom stereocenters. The molecular formula is C12H14FN3O. The highest BCUT2D eigenvalue weighted by Gasteiger charge is 2.17. The van der Waals surface area contributed by atoms with Gasteiger partial charge in [0.2, 0.25) is 0 Å². The summed E-state index contributed by atoms with van der Waals surface area (Å²) in [6.07, 6.45) is 1.06. The topological polar surface area (TPSA) is 49.8 Å². The van der Waals surface area contributed by atoms with Gasteiger partial charge in [0.05, 0.1) is 11.0 Å². The van der Waals surface area contributed by atoms with Crippen LogP contribution in [0.1, 0.15) is 6.42 Å². The second-order valence-electron chi connectivity index (χ2n) is 4.56. The average molecular weight is 235 g/mol. The van der Waals surface area contributed by atoms with Gasteiger partial charge in [0.15, 0.2) is 0 Å². The van der Waals surface area contributed by atoms with Crippen molar-refractivity contribution in [3.8, 4) is 0 Å². The number of imidazole rings is 1. The van der Waals surface area contributed by atoms with Crippen LogP contribution in [0.5, 0.6) is 0 Å². The molecule has 17 heavy (non-hydrogen) atoms. The van der Waals surface area contributed by atoms with Crippen molar-refractivity contribution in [3.05, 3.63) is 34.5 Å². The highest BCUT2D eigenvalue weighted by molar-refractivity contribution is 5.75. The van der Waals surface area contributed by atoms with E-state index in [-0.39, 0.29) is 11.5 Å². The minimum absolute atomic E-state index is 0.155. The lowest BCUT2D eigenvalue weighted by Crippen LogP contribution is -2.22. The van der Waals surface area contributed by atoms with E-state index >= 15 is 0 Å². The lowest BCUT2D eigenvalue weighted by molar-refractivity contribution is 0.481. The van der Waals surface area contributed by atoms with Crippen molar-refractivity contribution in [2.24, 2.45) is 5.92 Å². The number of nitrogens with one attached hydrogen (secondary N) is 2. The van der Waals surface area contributed by atoms with Gasteiger partial charge in [-0.05, 0) is 43.6 Å². The fourth-order valence-electron chi connectivity index (χ4n) is 2.44. The van der Waals surface area contributed by atoms with Gasteiger partial charge in [-0.15, -0.1) is 0 Å². The molecule has 0 bridgehead atoms. The molecule has 0 aliphatic carbocycles. The summed E-state index contributed by atoms with van der Waals surface area (Å²) in [5.41, 5.74) is 1.20. The lowest BCUT2D eigenvalue weighted by Gasteiger charge is -2.09. The minimum Gasteiger partial charge on any atom is -0.316 e. The number of halogens is 1. The lowest BCUT2D eigenvalue weighted by atomic mass is 10.1. The molecule has 2 aromatic rings. The van der Waals surface area contributed by atoms with Gasteiger partial charge in [-0.2, -0.15) is 0 Å². The number of nitrogens with zero attached hydrogens (tertiary/aromatic N) is 1. The minimum atomic E-state index is -0.310. The maximum absolute atomic E-state index is 13.2. The van der Waals surface area contributed by atoms with E-state index in [0.717, 1.165) is 19.5 Å². The number of rotatable bonds is 2. The van der Waals surface area contributed by atoms with Gasteiger partial charge in [0, 0.05) is 6.54 Å². The van der Waals surface area contributed by atoms with Crippen molar-refractivity contribution in [1.82, 2.24) is 14.9 Å². The molecule has 0 saturated carbocycles. The number of aromatic amines is 1. The summed E-state index contributed by atoms with van der Waals surface area (Å²) in [7, 11) is 0. The van der Waals surface area contributed by atoms with Crippen LogP contribution in [-0.4, -0.2) is 22.6 Å². The molecule has 4 nitrogen and oxygen atoms in total. The van der Waals surface area contributed by atoms with Crippen molar-refractivity contribution >= 4 is 11.0 Å². The normalized spacial score (nSPS) is 20.2. The fraction of sp³-hybridized carbons (Fsp3) is 0.417. The second-order valence-corrected chi connectivity index (χ2v) is 4.56. The van der Waals surface area contributed by atoms with Crippen LogP contribution in [0.15, 0.2) is 23.0 Å². The molecule has 1 aromatic heterocycles. The molecule has 0 amide bonds. The Labute approximate surface area is 97.4 Å². The van der Waals surface area contributed by atoms with E-state index in [9.17, 15) is 9.18 Å². The summed E-state index contributed by atoms with van der Waals surface area (Å²) < 4.78 is 14.8. The van der Waals surface area contributed by atoms with Crippen LogP contribution in [0, 0.1) is 11.7 Å². The van der Waals surface area contributed by atoms with Gasteiger partial charge in [-0.25, -0.2) is 9.18 Å². The smallest absolute Gasteiger partial charge is 0.316 e. The molecule has 0 radical (unpaired) electrons. The monoisotopic (exact) mass is 235 g/mol. The van der Waals surface area contributed by atoms with Gasteiger partial charge in [-0.3, -0.25) is 4.57 Å². The van der Waals surface area contributed by atoms with Crippen molar-refractivity contribution < 1.29 is 4.39 Å². The van der Waals surface area contributed by atoms with Crippen LogP contribution in [0.3, 0.4) is 0 Å². The molecule has 2 heterocycles. The predicted octanol–water partition coefficient (Wildman–Crippen LogP) is 1.08. The second kappa shape index (κ2) is 4.00. The van der Waals surface area contributed by atoms with E-state index in [0.29, 0.717) is 23.5 Å². The zero-order valence-electron chi connectivity index (χ0n) is 9.37. The highest BCUT2D eigenvalue weighted by Crippen LogP contribution is 2.16. The molecule has 0 spiro atoms. The van der Waals surface area contributed by atoms with Crippen molar-refractivity contribution in [2.75, 3.05) is 13.1 Å². The molecule has 1 aliphatic heterocycles. The van der Waals surface area contributed by atoms with Gasteiger partial charge in [0.1, 0.15) is 5.82 Å². The molecule has 1 aliphatic rings. The van der Waals surface area contributed by atoms with Crippen molar-refractivity contribution in [1.29, 1.82) is 0 Å². The van der Waals surface area contributed by atoms with E-state index in [1.807, 2.05) is 0 Å². The fourth-order valence-corrected chi connectivity index (χ4v) is 2.44. The standard InChI is InChI=1S/C12H14FN3O/c13-9-1-2-10-11(5-9)16(12(17)15-10)7-8-3-4-14-6-8/h1-2,5,8,14H,3-4,6-7H2,(H,15,17). The zero-order chi connectivity index (χ0) is 11.8. The number of benzene rings is 1. The quantitative estimate of drug-likeness (QED) is 0.818. The first-order valence-electron chi connectivity index (χ1n) is 5.83. The number of fused-ring (bicyclic) bond motifs is 1. The molecular weight excluding hydrogens is 221 g/mol. The first-order chi connectivity index (χ1) is 8.24. The largest absolute Gasteiger partial charge is 0.326 e. The van der Waals surface area contributed by atoms with Crippen molar-refractivity contribution in [2.45, 2.75) is 13.0 Å². The van der Waals surface area contributed by atoms with Crippen LogP contribution in [-0.2, 0) is 6.54 Å². The van der Waals surface area contributed by atoms with Gasteiger partial charge < -0.3 is 10.3 Å². The molecule has 90 valence electrons. The summed E-state index contributed by atoms with van der Waals surface area (Å²) in [6, 6.07) is 4.38. The zero-order valence-corrected chi connectivity index (χ0v) is 9.37. The SMILES string of the molecule is O=c1[nH]c2ccc(F)cc2n1CC1CCNC1. The Kier molecular flexibility index (Phi) is 2.48. The number of hydrogen-bond donors (Lipinski definition) is 2. The molecule has 1 saturated heterocycles. The van der Waals surface area contributed by atoms with E-state index in [1.165, 1.54) is 12.1 Å². The number of H-pyrrole nitrogens is 1. The van der Waals surface area contributed by atoms with Crippen LogP contribution in [0.2, 0.25) is 0 Å². The number of hydrogen-bond acceptors (Lipinski definition) is 2. The Hall–Kier alpha value is -1.62. The number of aromatic nitrogens is 2. The average Bonchev–Trinajstić information content (AvgIpc) is 2.90. The summed E-state index contributed by atoms with van der Waals surface area (Å²) in [6.45, 7) is 2.57. The van der Waals surface area contributed by atoms with Crippen LogP contribution in [0.4, 0.5) is 4.39 Å². The van der Waals surface area contributed by atoms with Gasteiger partial charge >= 0.3 is 5.69 Å². The predicted molar refractivity (Wildman–Crippen MR) is 63.5 cm³/mol. The maximum atomic E-state index is 13.2. The molecule has 3 rings (SSSR count). The summed E-state index contributed by atoms with van der Waals surface area (Å²) in [5, 5.41) is 3.26. The van der Waals surface area contributed by atoms with Gasteiger partial charge in [0.25, 0.3) is 0 Å². The van der Waals surface area contributed by atoms with Gasteiger partial charge in [-0.1, -0.05) is 0 Å². The van der Waals surface area contributed by atoms with Crippen LogP contribution in [0.25, 0.3) is 11.0 Å². The Morgan fingerprint density at radius 3 is 3.12 bits per heavy atom. The van der Waals surface area contributed by atoms with E-state index < -0.39 is 0 Å². The van der Waals surface area contributed by atoms with E-state index in [2.05, 4.69) is 10.3 Å². The van der Waals surface area contributed by atoms with Crippen LogP contribution < -0.4 is 11.0 Å². The summed E-state index contributed by atoms with van der Waals surface area (Å²) in [4.78, 5) is 14.6. The third kappa shape index (κ3) is 1.86. The molecule has 5 heteroatoms. The highest BCUT2D eigenvalue weighted by atomic mass is 19.1. The third-order valence-corrected chi connectivity index (χ3v) is 3.34. The third-order valence-electron chi connectivity index (χ3n) is 3.34. The Morgan fingerprint density at radius 2 is 2.35 bits per heavy atom. The summed E-state index contributed by atoms with van der Waals surface area (Å²) >= 11 is 0. The van der Waals surface area contributed by atoms with E-state index in [4.69, 9.17) is 0 Å². The van der Waals surface area contributed by atoms with E-state index in [1.54, 1.807) is 10.6 Å². The first-order valence-corrected chi connectivity index (χ1v) is 5.83. The molecule has 1 fully saturated rings. The molecule has 1 aromatic carbocycles. The van der Waals surface area contributed by atoms with Crippen LogP contribution >= 0.6 is 0 Å².